The van der Waals surface area contributed by atoms with Crippen LogP contribution in [-0.4, -0.2) is 35.7 Å². The van der Waals surface area contributed by atoms with Crippen LogP contribution in [0.15, 0.2) is 53.3 Å². The molecule has 1 aliphatic heterocycles. The molecular weight excluding hydrogens is 312 g/mol. The highest BCUT2D eigenvalue weighted by Crippen LogP contribution is 2.19. The van der Waals surface area contributed by atoms with Crippen LogP contribution in [0.25, 0.3) is 16.7 Å². The summed E-state index contributed by atoms with van der Waals surface area (Å²) in [6.45, 7) is 5.55. The van der Waals surface area contributed by atoms with Gasteiger partial charge in [0.25, 0.3) is 5.56 Å². The van der Waals surface area contributed by atoms with Crippen LogP contribution < -0.4 is 15.8 Å². The third-order valence-corrected chi connectivity index (χ3v) is 4.68. The lowest BCUT2D eigenvalue weighted by molar-refractivity contribution is 0.724. The molecule has 1 fully saturated rings. The molecule has 1 aliphatic rings. The molecule has 25 heavy (non-hydrogen) atoms. The van der Waals surface area contributed by atoms with Gasteiger partial charge in [-0.2, -0.15) is 0 Å². The zero-order chi connectivity index (χ0) is 17.2. The van der Waals surface area contributed by atoms with Crippen LogP contribution in [0.5, 0.6) is 0 Å². The molecule has 0 spiro atoms. The third-order valence-electron chi connectivity index (χ3n) is 4.68. The van der Waals surface area contributed by atoms with Crippen molar-refractivity contribution in [2.75, 3.05) is 31.1 Å². The SMILES string of the molecule is Cc1ccc(-n2c(=O)c(N3CCCNCC3)nc3ccccc32)cc1. The lowest BCUT2D eigenvalue weighted by Gasteiger charge is -2.22. The van der Waals surface area contributed by atoms with Gasteiger partial charge >= 0.3 is 0 Å². The average molecular weight is 334 g/mol. The number of anilines is 1. The van der Waals surface area contributed by atoms with E-state index in [0.717, 1.165) is 49.3 Å². The average Bonchev–Trinajstić information content (AvgIpc) is 2.92. The minimum absolute atomic E-state index is 0.0514. The fourth-order valence-corrected chi connectivity index (χ4v) is 3.33. The number of rotatable bonds is 2. The molecule has 0 aliphatic carbocycles. The van der Waals surface area contributed by atoms with Crippen LogP contribution >= 0.6 is 0 Å². The number of para-hydroxylation sites is 2. The predicted octanol–water partition coefficient (Wildman–Crippen LogP) is 2.49. The number of nitrogens with zero attached hydrogens (tertiary/aromatic N) is 3. The molecule has 0 amide bonds. The Morgan fingerprint density at radius 3 is 2.64 bits per heavy atom. The first kappa shape index (κ1) is 15.8. The first-order valence-corrected chi connectivity index (χ1v) is 8.78. The van der Waals surface area contributed by atoms with E-state index >= 15 is 0 Å². The van der Waals surface area contributed by atoms with E-state index < -0.39 is 0 Å². The summed E-state index contributed by atoms with van der Waals surface area (Å²) in [5.74, 6) is 0.544. The summed E-state index contributed by atoms with van der Waals surface area (Å²) in [5.41, 5.74) is 3.68. The predicted molar refractivity (Wildman–Crippen MR) is 102 cm³/mol. The van der Waals surface area contributed by atoms with Gasteiger partial charge in [-0.3, -0.25) is 9.36 Å². The van der Waals surface area contributed by atoms with Gasteiger partial charge in [0, 0.05) is 25.3 Å². The van der Waals surface area contributed by atoms with Gasteiger partial charge in [0.1, 0.15) is 0 Å². The molecule has 2 aromatic carbocycles. The summed E-state index contributed by atoms with van der Waals surface area (Å²) in [4.78, 5) is 20.1. The molecule has 1 saturated heterocycles. The second-order valence-electron chi connectivity index (χ2n) is 6.49. The van der Waals surface area contributed by atoms with E-state index in [-0.39, 0.29) is 5.56 Å². The first-order valence-electron chi connectivity index (χ1n) is 8.78. The minimum atomic E-state index is -0.0514. The zero-order valence-corrected chi connectivity index (χ0v) is 14.4. The van der Waals surface area contributed by atoms with Crippen LogP contribution in [0.2, 0.25) is 0 Å². The maximum Gasteiger partial charge on any atom is 0.298 e. The molecule has 0 bridgehead atoms. The molecule has 0 saturated carbocycles. The van der Waals surface area contributed by atoms with Gasteiger partial charge in [-0.15, -0.1) is 0 Å². The molecule has 2 heterocycles. The molecular formula is C20H22N4O. The molecule has 1 aromatic heterocycles. The van der Waals surface area contributed by atoms with Crippen LogP contribution in [-0.2, 0) is 0 Å². The fraction of sp³-hybridized carbons (Fsp3) is 0.300. The number of aromatic nitrogens is 2. The molecule has 5 heteroatoms. The number of hydrogen-bond acceptors (Lipinski definition) is 4. The summed E-state index contributed by atoms with van der Waals surface area (Å²) in [6, 6.07) is 15.9. The number of benzene rings is 2. The number of fused-ring (bicyclic) bond motifs is 1. The Morgan fingerprint density at radius 1 is 1.00 bits per heavy atom. The van der Waals surface area contributed by atoms with Gasteiger partial charge in [-0.05, 0) is 44.2 Å². The van der Waals surface area contributed by atoms with Crippen molar-refractivity contribution in [2.45, 2.75) is 13.3 Å². The van der Waals surface area contributed by atoms with E-state index in [1.54, 1.807) is 4.57 Å². The Hall–Kier alpha value is -2.66. The second-order valence-corrected chi connectivity index (χ2v) is 6.49. The monoisotopic (exact) mass is 334 g/mol. The van der Waals surface area contributed by atoms with Crippen molar-refractivity contribution in [3.8, 4) is 5.69 Å². The van der Waals surface area contributed by atoms with Crippen molar-refractivity contribution < 1.29 is 0 Å². The lowest BCUT2D eigenvalue weighted by atomic mass is 10.2. The van der Waals surface area contributed by atoms with E-state index in [9.17, 15) is 4.79 Å². The number of nitrogens with one attached hydrogen (secondary N) is 1. The van der Waals surface area contributed by atoms with Gasteiger partial charge in [0.05, 0.1) is 11.0 Å². The van der Waals surface area contributed by atoms with E-state index in [4.69, 9.17) is 4.98 Å². The van der Waals surface area contributed by atoms with Crippen molar-refractivity contribution in [1.82, 2.24) is 14.9 Å². The molecule has 5 nitrogen and oxygen atoms in total. The molecule has 3 aromatic rings. The van der Waals surface area contributed by atoms with Crippen molar-refractivity contribution in [2.24, 2.45) is 0 Å². The maximum absolute atomic E-state index is 13.3. The van der Waals surface area contributed by atoms with Crippen LogP contribution in [0, 0.1) is 6.92 Å². The van der Waals surface area contributed by atoms with E-state index in [2.05, 4.69) is 10.2 Å². The van der Waals surface area contributed by atoms with E-state index in [1.807, 2.05) is 55.5 Å². The quantitative estimate of drug-likeness (QED) is 0.782. The normalized spacial score (nSPS) is 15.3. The fourth-order valence-electron chi connectivity index (χ4n) is 3.33. The molecule has 4 rings (SSSR count). The smallest absolute Gasteiger partial charge is 0.298 e. The highest BCUT2D eigenvalue weighted by Gasteiger charge is 2.18. The standard InChI is InChI=1S/C20H22N4O/c1-15-7-9-16(10-8-15)24-18-6-3-2-5-17(18)22-19(20(24)25)23-13-4-11-21-12-14-23/h2-3,5-10,21H,4,11-14H2,1H3. The van der Waals surface area contributed by atoms with Crippen LogP contribution in [0.1, 0.15) is 12.0 Å². The molecule has 128 valence electrons. The van der Waals surface area contributed by atoms with Crippen molar-refractivity contribution in [3.05, 3.63) is 64.4 Å². The molecule has 0 radical (unpaired) electrons. The third kappa shape index (κ3) is 3.03. The largest absolute Gasteiger partial charge is 0.351 e. The number of hydrogen-bond donors (Lipinski definition) is 1. The summed E-state index contributed by atoms with van der Waals surface area (Å²) < 4.78 is 1.79. The minimum Gasteiger partial charge on any atom is -0.351 e. The van der Waals surface area contributed by atoms with Gasteiger partial charge in [0.15, 0.2) is 5.82 Å². The summed E-state index contributed by atoms with van der Waals surface area (Å²) in [6.07, 6.45) is 1.01. The Bertz CT molecular complexity index is 938. The zero-order valence-electron chi connectivity index (χ0n) is 14.4. The van der Waals surface area contributed by atoms with Crippen molar-refractivity contribution >= 4 is 16.9 Å². The second kappa shape index (κ2) is 6.69. The molecule has 0 atom stereocenters. The molecule has 0 unspecified atom stereocenters. The Morgan fingerprint density at radius 2 is 1.80 bits per heavy atom. The van der Waals surface area contributed by atoms with Crippen molar-refractivity contribution in [3.63, 3.8) is 0 Å². The van der Waals surface area contributed by atoms with Gasteiger partial charge in [-0.25, -0.2) is 4.98 Å². The van der Waals surface area contributed by atoms with Gasteiger partial charge in [0.2, 0.25) is 0 Å². The summed E-state index contributed by atoms with van der Waals surface area (Å²) >= 11 is 0. The van der Waals surface area contributed by atoms with Gasteiger partial charge < -0.3 is 10.2 Å². The lowest BCUT2D eigenvalue weighted by Crippen LogP contribution is -2.35. The van der Waals surface area contributed by atoms with Gasteiger partial charge in [-0.1, -0.05) is 29.8 Å². The Balaban J connectivity index is 1.95. The number of aryl methyl sites for hydroxylation is 1. The van der Waals surface area contributed by atoms with Crippen molar-refractivity contribution in [1.29, 1.82) is 0 Å². The van der Waals surface area contributed by atoms with E-state index in [1.165, 1.54) is 5.56 Å². The van der Waals surface area contributed by atoms with Crippen LogP contribution in [0.4, 0.5) is 5.82 Å². The highest BCUT2D eigenvalue weighted by molar-refractivity contribution is 5.78. The van der Waals surface area contributed by atoms with Crippen LogP contribution in [0.3, 0.4) is 0 Å². The molecule has 1 N–H and O–H groups in total. The Kier molecular flexibility index (Phi) is 4.24. The topological polar surface area (TPSA) is 50.2 Å². The maximum atomic E-state index is 13.3. The summed E-state index contributed by atoms with van der Waals surface area (Å²) in [5, 5.41) is 3.38. The first-order chi connectivity index (χ1) is 12.2. The summed E-state index contributed by atoms with van der Waals surface area (Å²) in [7, 11) is 0. The van der Waals surface area contributed by atoms with E-state index in [0.29, 0.717) is 5.82 Å². The Labute approximate surface area is 146 Å². The highest BCUT2D eigenvalue weighted by atomic mass is 16.1.